The molecule has 0 spiro atoms. The standard InChI is InChI=1S/C17H13N3O3/c21-15-10-14(19-17(23)20-15)18-16(22)13-8-6-12(7-9-13)11-4-2-1-3-5-11/h1-10H,(H3,18,19,20,21,22,23). The number of aromatic nitrogens is 2. The second-order valence-electron chi connectivity index (χ2n) is 4.90. The average Bonchev–Trinajstić information content (AvgIpc) is 2.55. The first-order valence-electron chi connectivity index (χ1n) is 6.92. The quantitative estimate of drug-likeness (QED) is 0.690. The van der Waals surface area contributed by atoms with Crippen molar-refractivity contribution in [3.05, 3.63) is 87.1 Å². The lowest BCUT2D eigenvalue weighted by atomic mass is 10.0. The molecule has 6 nitrogen and oxygen atoms in total. The van der Waals surface area contributed by atoms with Crippen molar-refractivity contribution in [2.24, 2.45) is 0 Å². The summed E-state index contributed by atoms with van der Waals surface area (Å²) in [4.78, 5) is 38.9. The van der Waals surface area contributed by atoms with Gasteiger partial charge in [0.2, 0.25) is 0 Å². The van der Waals surface area contributed by atoms with E-state index in [9.17, 15) is 14.4 Å². The van der Waals surface area contributed by atoms with E-state index in [-0.39, 0.29) is 5.82 Å². The number of hydrogen-bond acceptors (Lipinski definition) is 3. The van der Waals surface area contributed by atoms with Gasteiger partial charge in [0.25, 0.3) is 11.5 Å². The third-order valence-corrected chi connectivity index (χ3v) is 3.26. The Hall–Kier alpha value is -3.41. The number of rotatable bonds is 3. The smallest absolute Gasteiger partial charge is 0.308 e. The van der Waals surface area contributed by atoms with E-state index in [1.54, 1.807) is 12.1 Å². The molecule has 0 radical (unpaired) electrons. The molecule has 0 saturated carbocycles. The first-order valence-corrected chi connectivity index (χ1v) is 6.92. The molecule has 0 bridgehead atoms. The minimum absolute atomic E-state index is 0.0517. The summed E-state index contributed by atoms with van der Waals surface area (Å²) in [5.74, 6) is -0.359. The molecule has 23 heavy (non-hydrogen) atoms. The topological polar surface area (TPSA) is 94.8 Å². The number of carbonyl (C=O) groups excluding carboxylic acids is 1. The lowest BCUT2D eigenvalue weighted by Gasteiger charge is -2.06. The number of amides is 1. The van der Waals surface area contributed by atoms with Crippen molar-refractivity contribution >= 4 is 11.7 Å². The summed E-state index contributed by atoms with van der Waals surface area (Å²) in [6.45, 7) is 0. The average molecular weight is 307 g/mol. The van der Waals surface area contributed by atoms with Crippen molar-refractivity contribution in [3.63, 3.8) is 0 Å². The Morgan fingerprint density at radius 1 is 0.826 bits per heavy atom. The number of nitrogens with one attached hydrogen (secondary N) is 3. The van der Waals surface area contributed by atoms with E-state index in [1.165, 1.54) is 0 Å². The summed E-state index contributed by atoms with van der Waals surface area (Å²) >= 11 is 0. The Morgan fingerprint density at radius 2 is 1.48 bits per heavy atom. The third-order valence-electron chi connectivity index (χ3n) is 3.26. The minimum atomic E-state index is -0.674. The zero-order chi connectivity index (χ0) is 16.2. The van der Waals surface area contributed by atoms with Gasteiger partial charge in [0.05, 0.1) is 0 Å². The molecule has 3 aromatic rings. The molecule has 0 fully saturated rings. The van der Waals surface area contributed by atoms with Crippen molar-refractivity contribution in [2.45, 2.75) is 0 Å². The molecule has 1 aromatic heterocycles. The third kappa shape index (κ3) is 3.44. The van der Waals surface area contributed by atoms with Gasteiger partial charge in [0.15, 0.2) is 0 Å². The van der Waals surface area contributed by atoms with Crippen molar-refractivity contribution in [3.8, 4) is 11.1 Å². The lowest BCUT2D eigenvalue weighted by molar-refractivity contribution is 0.102. The molecule has 3 rings (SSSR count). The second-order valence-corrected chi connectivity index (χ2v) is 4.90. The summed E-state index contributed by atoms with van der Waals surface area (Å²) < 4.78 is 0. The van der Waals surface area contributed by atoms with Gasteiger partial charge in [0.1, 0.15) is 5.82 Å². The summed E-state index contributed by atoms with van der Waals surface area (Å²) in [6.07, 6.45) is 0. The fourth-order valence-corrected chi connectivity index (χ4v) is 2.18. The Balaban J connectivity index is 1.80. The van der Waals surface area contributed by atoms with Crippen LogP contribution in [0.5, 0.6) is 0 Å². The Kier molecular flexibility index (Phi) is 3.88. The summed E-state index contributed by atoms with van der Waals surface area (Å²) in [5, 5.41) is 2.48. The predicted octanol–water partition coefficient (Wildman–Crippen LogP) is 1.98. The van der Waals surface area contributed by atoms with Gasteiger partial charge in [-0.2, -0.15) is 0 Å². The van der Waals surface area contributed by atoms with Crippen LogP contribution in [0.4, 0.5) is 5.82 Å². The van der Waals surface area contributed by atoms with Crippen LogP contribution in [0.1, 0.15) is 10.4 Å². The van der Waals surface area contributed by atoms with Crippen LogP contribution in [0.3, 0.4) is 0 Å². The van der Waals surface area contributed by atoms with Crippen LogP contribution in [0, 0.1) is 0 Å². The number of anilines is 1. The summed E-state index contributed by atoms with van der Waals surface area (Å²) in [7, 11) is 0. The van der Waals surface area contributed by atoms with E-state index in [0.29, 0.717) is 5.56 Å². The Morgan fingerprint density at radius 3 is 2.13 bits per heavy atom. The highest BCUT2D eigenvalue weighted by atomic mass is 16.2. The molecule has 6 heteroatoms. The Bertz CT molecular complexity index is 913. The number of benzene rings is 2. The van der Waals surface area contributed by atoms with E-state index >= 15 is 0 Å². The number of H-pyrrole nitrogens is 2. The highest BCUT2D eigenvalue weighted by Gasteiger charge is 2.07. The van der Waals surface area contributed by atoms with Gasteiger partial charge < -0.3 is 5.32 Å². The summed E-state index contributed by atoms with van der Waals surface area (Å²) in [6, 6.07) is 17.9. The molecule has 1 heterocycles. The van der Waals surface area contributed by atoms with Crippen LogP contribution in [-0.2, 0) is 0 Å². The van der Waals surface area contributed by atoms with Crippen LogP contribution in [-0.4, -0.2) is 15.9 Å². The monoisotopic (exact) mass is 307 g/mol. The van der Waals surface area contributed by atoms with Crippen LogP contribution in [0.15, 0.2) is 70.3 Å². The molecule has 0 saturated heterocycles. The van der Waals surface area contributed by atoms with E-state index < -0.39 is 17.2 Å². The van der Waals surface area contributed by atoms with Gasteiger partial charge in [-0.3, -0.25) is 19.6 Å². The first kappa shape index (κ1) is 14.5. The number of aromatic amines is 2. The van der Waals surface area contributed by atoms with E-state index in [1.807, 2.05) is 47.4 Å². The van der Waals surface area contributed by atoms with Crippen LogP contribution in [0.2, 0.25) is 0 Å². The second kappa shape index (κ2) is 6.15. The van der Waals surface area contributed by atoms with E-state index in [2.05, 4.69) is 10.3 Å². The Labute approximate surface area is 130 Å². The largest absolute Gasteiger partial charge is 0.327 e. The van der Waals surface area contributed by atoms with Gasteiger partial charge in [-0.05, 0) is 23.3 Å². The SMILES string of the molecule is O=C(Nc1cc(=O)[nH]c(=O)[nH]1)c1ccc(-c2ccccc2)cc1. The normalized spacial score (nSPS) is 10.3. The molecular formula is C17H13N3O3. The highest BCUT2D eigenvalue weighted by molar-refractivity contribution is 6.03. The fraction of sp³-hybridized carbons (Fsp3) is 0. The molecule has 0 aliphatic heterocycles. The molecule has 0 aliphatic rings. The molecule has 0 aliphatic carbocycles. The van der Waals surface area contributed by atoms with Crippen molar-refractivity contribution in [1.82, 2.24) is 9.97 Å². The van der Waals surface area contributed by atoms with Crippen LogP contribution in [0.25, 0.3) is 11.1 Å². The molecule has 3 N–H and O–H groups in total. The van der Waals surface area contributed by atoms with E-state index in [0.717, 1.165) is 17.2 Å². The van der Waals surface area contributed by atoms with Gasteiger partial charge in [-0.1, -0.05) is 42.5 Å². The number of carbonyl (C=O) groups is 1. The zero-order valence-corrected chi connectivity index (χ0v) is 12.0. The van der Waals surface area contributed by atoms with Crippen molar-refractivity contribution < 1.29 is 4.79 Å². The van der Waals surface area contributed by atoms with Crippen molar-refractivity contribution in [1.29, 1.82) is 0 Å². The molecule has 0 atom stereocenters. The molecular weight excluding hydrogens is 294 g/mol. The maximum atomic E-state index is 12.1. The minimum Gasteiger partial charge on any atom is -0.308 e. The van der Waals surface area contributed by atoms with Crippen LogP contribution >= 0.6 is 0 Å². The molecule has 2 aromatic carbocycles. The zero-order valence-electron chi connectivity index (χ0n) is 12.0. The molecule has 114 valence electrons. The maximum absolute atomic E-state index is 12.1. The predicted molar refractivity (Wildman–Crippen MR) is 87.5 cm³/mol. The number of hydrogen-bond donors (Lipinski definition) is 3. The summed E-state index contributed by atoms with van der Waals surface area (Å²) in [5.41, 5.74) is 1.21. The fourth-order valence-electron chi connectivity index (χ4n) is 2.18. The van der Waals surface area contributed by atoms with Gasteiger partial charge in [0, 0.05) is 11.6 Å². The first-order chi connectivity index (χ1) is 11.1. The van der Waals surface area contributed by atoms with Gasteiger partial charge in [-0.25, -0.2) is 4.79 Å². The lowest BCUT2D eigenvalue weighted by Crippen LogP contribution is -2.24. The van der Waals surface area contributed by atoms with Crippen molar-refractivity contribution in [2.75, 3.05) is 5.32 Å². The van der Waals surface area contributed by atoms with Gasteiger partial charge in [-0.15, -0.1) is 0 Å². The maximum Gasteiger partial charge on any atom is 0.327 e. The van der Waals surface area contributed by atoms with Gasteiger partial charge >= 0.3 is 5.69 Å². The molecule has 1 amide bonds. The van der Waals surface area contributed by atoms with E-state index in [4.69, 9.17) is 0 Å². The molecule has 0 unspecified atom stereocenters. The highest BCUT2D eigenvalue weighted by Crippen LogP contribution is 2.19. The van der Waals surface area contributed by atoms with Crippen LogP contribution < -0.4 is 16.6 Å².